The molecule has 54 valence electrons. The smallest absolute Gasteiger partial charge is 0.0594 e. The van der Waals surface area contributed by atoms with E-state index < -0.39 is 5.60 Å². The molecule has 0 bridgehead atoms. The van der Waals surface area contributed by atoms with Gasteiger partial charge >= 0.3 is 0 Å². The second kappa shape index (κ2) is 3.67. The summed E-state index contributed by atoms with van der Waals surface area (Å²) in [6.45, 7) is 5.30. The highest BCUT2D eigenvalue weighted by atomic mass is 16.3. The Morgan fingerprint density at radius 2 is 2.22 bits per heavy atom. The van der Waals surface area contributed by atoms with E-state index in [-0.39, 0.29) is 0 Å². The summed E-state index contributed by atoms with van der Waals surface area (Å²) in [5.74, 6) is 0. The molecule has 0 radical (unpaired) electrons. The molecule has 0 unspecified atom stereocenters. The largest absolute Gasteiger partial charge is 0.390 e. The quantitative estimate of drug-likeness (QED) is 0.579. The first-order chi connectivity index (χ1) is 4.42. The molecule has 9 heavy (non-hydrogen) atoms. The van der Waals surface area contributed by atoms with Crippen molar-refractivity contribution in [3.8, 4) is 0 Å². The molecule has 0 amide bonds. The fourth-order valence-electron chi connectivity index (χ4n) is 0.570. The Balaban J connectivity index is 3.47. The van der Waals surface area contributed by atoms with E-state index in [0.717, 1.165) is 12.8 Å². The Kier molecular flexibility index (Phi) is 2.78. The summed E-state index contributed by atoms with van der Waals surface area (Å²) in [5.41, 5.74) is -0.591. The maximum absolute atomic E-state index is 9.24. The number of hydrogen-bond donors (Lipinski definition) is 1. The standard InChI is InChI=1S/C8H16O/c1-4-5-6-7-8(2,3)9/h4-5,9H,6-7H2,1-3H3/b5-4+/i4D. The second-order valence-electron chi connectivity index (χ2n) is 2.84. The topological polar surface area (TPSA) is 20.2 Å². The summed E-state index contributed by atoms with van der Waals surface area (Å²) in [6.07, 6.45) is 3.33. The van der Waals surface area contributed by atoms with Crippen LogP contribution < -0.4 is 0 Å². The zero-order chi connectivity index (χ0) is 8.20. The Bertz CT molecular complexity index is 118. The van der Waals surface area contributed by atoms with Crippen LogP contribution in [-0.4, -0.2) is 10.7 Å². The van der Waals surface area contributed by atoms with Crippen molar-refractivity contribution < 1.29 is 6.48 Å². The summed E-state index contributed by atoms with van der Waals surface area (Å²) in [4.78, 5) is 0. The summed E-state index contributed by atoms with van der Waals surface area (Å²) >= 11 is 0. The summed E-state index contributed by atoms with van der Waals surface area (Å²) in [5, 5.41) is 9.24. The lowest BCUT2D eigenvalue weighted by Gasteiger charge is -2.14. The molecule has 1 heteroatoms. The highest BCUT2D eigenvalue weighted by molar-refractivity contribution is 4.79. The third-order valence-corrected chi connectivity index (χ3v) is 1.10. The summed E-state index contributed by atoms with van der Waals surface area (Å²) in [6, 6.07) is 0.573. The van der Waals surface area contributed by atoms with Gasteiger partial charge in [-0.2, -0.15) is 0 Å². The van der Waals surface area contributed by atoms with Crippen molar-refractivity contribution in [1.29, 1.82) is 0 Å². The zero-order valence-corrected chi connectivity index (χ0v) is 6.44. The minimum atomic E-state index is -0.591. The molecular weight excluding hydrogens is 112 g/mol. The van der Waals surface area contributed by atoms with Crippen LogP contribution in [0.3, 0.4) is 0 Å². The van der Waals surface area contributed by atoms with Crippen LogP contribution in [0.2, 0.25) is 0 Å². The molecule has 0 saturated carbocycles. The molecule has 0 heterocycles. The van der Waals surface area contributed by atoms with E-state index in [4.69, 9.17) is 1.37 Å². The van der Waals surface area contributed by atoms with E-state index >= 15 is 0 Å². The SMILES string of the molecule is [2H]/C(C)=C\CCC(C)(C)O. The van der Waals surface area contributed by atoms with Gasteiger partial charge in [-0.1, -0.05) is 12.1 Å². The van der Waals surface area contributed by atoms with Crippen LogP contribution in [0.15, 0.2) is 12.1 Å². The van der Waals surface area contributed by atoms with Gasteiger partial charge in [-0.05, 0) is 33.6 Å². The Hall–Kier alpha value is -0.300. The normalized spacial score (nSPS) is 15.6. The third kappa shape index (κ3) is 7.70. The van der Waals surface area contributed by atoms with E-state index in [9.17, 15) is 5.11 Å². The molecule has 0 atom stereocenters. The van der Waals surface area contributed by atoms with Gasteiger partial charge in [0.1, 0.15) is 0 Å². The number of aliphatic hydroxyl groups is 1. The van der Waals surface area contributed by atoms with Crippen LogP contribution in [0.25, 0.3) is 0 Å². The molecular formula is C8H16O. The summed E-state index contributed by atoms with van der Waals surface area (Å²) < 4.78 is 7.06. The lowest BCUT2D eigenvalue weighted by molar-refractivity contribution is 0.0721. The fraction of sp³-hybridized carbons (Fsp3) is 0.750. The minimum absolute atomic E-state index is 0.573. The molecule has 0 aromatic carbocycles. The average molecular weight is 129 g/mol. The van der Waals surface area contributed by atoms with Crippen molar-refractivity contribution >= 4 is 0 Å². The van der Waals surface area contributed by atoms with Gasteiger partial charge in [-0.25, -0.2) is 0 Å². The number of rotatable bonds is 3. The molecule has 1 nitrogen and oxygen atoms in total. The predicted molar refractivity (Wildman–Crippen MR) is 40.3 cm³/mol. The van der Waals surface area contributed by atoms with Crippen molar-refractivity contribution in [2.45, 2.75) is 39.2 Å². The van der Waals surface area contributed by atoms with E-state index in [2.05, 4.69) is 0 Å². The van der Waals surface area contributed by atoms with Crippen LogP contribution in [0, 0.1) is 0 Å². The van der Waals surface area contributed by atoms with Gasteiger partial charge in [-0.3, -0.25) is 0 Å². The maximum atomic E-state index is 9.24. The molecule has 0 rings (SSSR count). The molecule has 0 aliphatic heterocycles. The lowest BCUT2D eigenvalue weighted by Crippen LogP contribution is -2.17. The molecule has 0 fully saturated rings. The first kappa shape index (κ1) is 6.81. The molecule has 0 aromatic rings. The predicted octanol–water partition coefficient (Wildman–Crippen LogP) is 2.11. The highest BCUT2D eigenvalue weighted by Gasteiger charge is 2.09. The lowest BCUT2D eigenvalue weighted by atomic mass is 10.0. The van der Waals surface area contributed by atoms with Crippen molar-refractivity contribution in [3.05, 3.63) is 12.1 Å². The summed E-state index contributed by atoms with van der Waals surface area (Å²) in [7, 11) is 0. The van der Waals surface area contributed by atoms with Gasteiger partial charge < -0.3 is 5.11 Å². The molecule has 0 saturated heterocycles. The first-order valence-corrected chi connectivity index (χ1v) is 3.27. The molecule has 0 aliphatic rings. The van der Waals surface area contributed by atoms with Crippen LogP contribution >= 0.6 is 0 Å². The van der Waals surface area contributed by atoms with Gasteiger partial charge in [0.15, 0.2) is 0 Å². The monoisotopic (exact) mass is 129 g/mol. The van der Waals surface area contributed by atoms with Gasteiger partial charge in [0.2, 0.25) is 0 Å². The molecule has 0 aromatic heterocycles. The Morgan fingerprint density at radius 1 is 1.67 bits per heavy atom. The molecule has 1 N–H and O–H groups in total. The van der Waals surface area contributed by atoms with Crippen LogP contribution in [-0.2, 0) is 0 Å². The van der Waals surface area contributed by atoms with E-state index in [1.54, 1.807) is 20.8 Å². The van der Waals surface area contributed by atoms with E-state index in [0.29, 0.717) is 6.05 Å². The van der Waals surface area contributed by atoms with Gasteiger partial charge in [0.05, 0.1) is 6.97 Å². The third-order valence-electron chi connectivity index (χ3n) is 1.10. The molecule has 0 spiro atoms. The number of hydrogen-bond acceptors (Lipinski definition) is 1. The van der Waals surface area contributed by atoms with Gasteiger partial charge in [0, 0.05) is 0 Å². The Labute approximate surface area is 58.8 Å². The van der Waals surface area contributed by atoms with Crippen LogP contribution in [0.1, 0.15) is 35.0 Å². The first-order valence-electron chi connectivity index (χ1n) is 3.77. The van der Waals surface area contributed by atoms with Crippen LogP contribution in [0.5, 0.6) is 0 Å². The average Bonchev–Trinajstić information content (AvgIpc) is 1.59. The second-order valence-corrected chi connectivity index (χ2v) is 2.84. The zero-order valence-electron chi connectivity index (χ0n) is 7.44. The Morgan fingerprint density at radius 3 is 2.56 bits per heavy atom. The fourth-order valence-corrected chi connectivity index (χ4v) is 0.570. The van der Waals surface area contributed by atoms with Crippen molar-refractivity contribution in [3.63, 3.8) is 0 Å². The van der Waals surface area contributed by atoms with Crippen molar-refractivity contribution in [2.24, 2.45) is 0 Å². The molecule has 0 aliphatic carbocycles. The van der Waals surface area contributed by atoms with Crippen LogP contribution in [0.4, 0.5) is 0 Å². The minimum Gasteiger partial charge on any atom is -0.390 e. The van der Waals surface area contributed by atoms with E-state index in [1.165, 1.54) is 0 Å². The highest BCUT2D eigenvalue weighted by Crippen LogP contribution is 2.09. The van der Waals surface area contributed by atoms with Crippen molar-refractivity contribution in [2.75, 3.05) is 0 Å². The van der Waals surface area contributed by atoms with Gasteiger partial charge in [-0.15, -0.1) is 0 Å². The van der Waals surface area contributed by atoms with Crippen molar-refractivity contribution in [1.82, 2.24) is 0 Å². The van der Waals surface area contributed by atoms with Gasteiger partial charge in [0.25, 0.3) is 0 Å². The maximum Gasteiger partial charge on any atom is 0.0594 e. The van der Waals surface area contributed by atoms with E-state index in [1.807, 2.05) is 6.08 Å². The number of allylic oxidation sites excluding steroid dienone is 2.